The van der Waals surface area contributed by atoms with Crippen molar-refractivity contribution < 1.29 is 4.74 Å². The molecule has 0 aliphatic carbocycles. The van der Waals surface area contributed by atoms with Crippen LogP contribution in [0.5, 0.6) is 5.88 Å². The molecule has 2 rings (SSSR count). The number of thiophene rings is 1. The molecule has 0 aliphatic rings. The zero-order valence-corrected chi connectivity index (χ0v) is 19.1. The molecule has 2 aromatic heterocycles. The van der Waals surface area contributed by atoms with Crippen LogP contribution in [0.25, 0.3) is 0 Å². The van der Waals surface area contributed by atoms with Crippen LogP contribution in [0.3, 0.4) is 0 Å². The monoisotopic (exact) mass is 488 g/mol. The number of nitrogens with zero attached hydrogens (tertiary/aromatic N) is 2. The first-order chi connectivity index (χ1) is 12.0. The molecule has 0 fully saturated rings. The summed E-state index contributed by atoms with van der Waals surface area (Å²) in [5.74, 6) is 1.47. The Bertz CT molecular complexity index is 674. The molecule has 144 valence electrons. The fourth-order valence-corrected chi connectivity index (χ4v) is 3.20. The second-order valence-electron chi connectivity index (χ2n) is 6.35. The Labute approximate surface area is 177 Å². The number of guanidine groups is 1. The Kier molecular flexibility index (Phi) is 9.93. The topological polar surface area (TPSA) is 58.5 Å². The lowest BCUT2D eigenvalue weighted by Crippen LogP contribution is -2.43. The van der Waals surface area contributed by atoms with Crippen LogP contribution in [-0.2, 0) is 12.0 Å². The Morgan fingerprint density at radius 1 is 1.27 bits per heavy atom. The second-order valence-corrected chi connectivity index (χ2v) is 7.29. The van der Waals surface area contributed by atoms with Gasteiger partial charge in [-0.25, -0.2) is 9.98 Å². The third kappa shape index (κ3) is 7.11. The van der Waals surface area contributed by atoms with Gasteiger partial charge in [-0.1, -0.05) is 19.9 Å². The molecule has 0 spiro atoms. The van der Waals surface area contributed by atoms with E-state index >= 15 is 0 Å². The van der Waals surface area contributed by atoms with E-state index in [9.17, 15) is 0 Å². The van der Waals surface area contributed by atoms with Gasteiger partial charge in [-0.15, -0.1) is 35.3 Å². The summed E-state index contributed by atoms with van der Waals surface area (Å²) >= 11 is 1.79. The molecule has 0 amide bonds. The maximum atomic E-state index is 5.44. The van der Waals surface area contributed by atoms with Crippen molar-refractivity contribution in [2.45, 2.75) is 39.7 Å². The van der Waals surface area contributed by atoms with Gasteiger partial charge in [0.25, 0.3) is 0 Å². The number of pyridine rings is 1. The van der Waals surface area contributed by atoms with Crippen LogP contribution >= 0.6 is 35.3 Å². The number of hydrogen-bond acceptors (Lipinski definition) is 4. The maximum absolute atomic E-state index is 5.44. The Morgan fingerprint density at radius 2 is 2.08 bits per heavy atom. The van der Waals surface area contributed by atoms with Crippen molar-refractivity contribution in [2.24, 2.45) is 4.99 Å². The van der Waals surface area contributed by atoms with E-state index in [0.717, 1.165) is 24.6 Å². The van der Waals surface area contributed by atoms with Crippen LogP contribution in [0.2, 0.25) is 0 Å². The van der Waals surface area contributed by atoms with Crippen LogP contribution < -0.4 is 15.4 Å². The van der Waals surface area contributed by atoms with Gasteiger partial charge in [-0.05, 0) is 36.9 Å². The SMILES string of the molecule is CCNC(=NCc1ccnc(OCC)c1)NCC(C)(C)c1cccs1.I. The summed E-state index contributed by atoms with van der Waals surface area (Å²) in [6, 6.07) is 8.18. The average Bonchev–Trinajstić information content (AvgIpc) is 3.14. The summed E-state index contributed by atoms with van der Waals surface area (Å²) in [6.07, 6.45) is 1.76. The lowest BCUT2D eigenvalue weighted by atomic mass is 9.91. The van der Waals surface area contributed by atoms with Crippen molar-refractivity contribution in [1.29, 1.82) is 0 Å². The lowest BCUT2D eigenvalue weighted by Gasteiger charge is -2.25. The second kappa shape index (κ2) is 11.4. The van der Waals surface area contributed by atoms with E-state index in [-0.39, 0.29) is 29.4 Å². The summed E-state index contributed by atoms with van der Waals surface area (Å²) < 4.78 is 5.44. The molecule has 0 atom stereocenters. The molecular formula is C19H29IN4OS. The zero-order valence-electron chi connectivity index (χ0n) is 15.9. The first-order valence-corrected chi connectivity index (χ1v) is 9.57. The van der Waals surface area contributed by atoms with E-state index < -0.39 is 0 Å². The molecule has 0 saturated heterocycles. The molecule has 0 aromatic carbocycles. The molecule has 5 nitrogen and oxygen atoms in total. The predicted molar refractivity (Wildman–Crippen MR) is 121 cm³/mol. The highest BCUT2D eigenvalue weighted by Gasteiger charge is 2.21. The third-order valence-electron chi connectivity index (χ3n) is 3.74. The minimum atomic E-state index is 0. The molecule has 2 aromatic rings. The van der Waals surface area contributed by atoms with Gasteiger partial charge in [0, 0.05) is 35.6 Å². The van der Waals surface area contributed by atoms with Gasteiger partial charge in [0.15, 0.2) is 5.96 Å². The molecule has 0 bridgehead atoms. The molecule has 26 heavy (non-hydrogen) atoms. The number of aromatic nitrogens is 1. The molecule has 2 N–H and O–H groups in total. The van der Waals surface area contributed by atoms with Crippen molar-refractivity contribution in [3.63, 3.8) is 0 Å². The van der Waals surface area contributed by atoms with E-state index in [1.165, 1.54) is 4.88 Å². The number of aliphatic imine (C=N–C) groups is 1. The van der Waals surface area contributed by atoms with Gasteiger partial charge >= 0.3 is 0 Å². The van der Waals surface area contributed by atoms with Gasteiger partial charge in [-0.2, -0.15) is 0 Å². The maximum Gasteiger partial charge on any atom is 0.213 e. The van der Waals surface area contributed by atoms with Gasteiger partial charge < -0.3 is 15.4 Å². The van der Waals surface area contributed by atoms with Crippen LogP contribution in [0.1, 0.15) is 38.1 Å². The fourth-order valence-electron chi connectivity index (χ4n) is 2.34. The van der Waals surface area contributed by atoms with Crippen LogP contribution in [0.4, 0.5) is 0 Å². The lowest BCUT2D eigenvalue weighted by molar-refractivity contribution is 0.326. The Morgan fingerprint density at radius 3 is 2.73 bits per heavy atom. The average molecular weight is 488 g/mol. The van der Waals surface area contributed by atoms with Crippen LogP contribution in [0.15, 0.2) is 40.8 Å². The molecule has 0 aliphatic heterocycles. The molecule has 7 heteroatoms. The largest absolute Gasteiger partial charge is 0.478 e. The summed E-state index contributed by atoms with van der Waals surface area (Å²) in [5.41, 5.74) is 1.14. The minimum absolute atomic E-state index is 0. The first kappa shape index (κ1) is 22.7. The summed E-state index contributed by atoms with van der Waals surface area (Å²) in [4.78, 5) is 10.2. The van der Waals surface area contributed by atoms with Gasteiger partial charge in [0.2, 0.25) is 5.88 Å². The number of hydrogen-bond donors (Lipinski definition) is 2. The van der Waals surface area contributed by atoms with Crippen molar-refractivity contribution in [2.75, 3.05) is 19.7 Å². The van der Waals surface area contributed by atoms with E-state index in [4.69, 9.17) is 4.74 Å². The third-order valence-corrected chi connectivity index (χ3v) is 4.98. The summed E-state index contributed by atoms with van der Waals surface area (Å²) in [5, 5.41) is 8.88. The Balaban J connectivity index is 0.00000338. The molecule has 2 heterocycles. The van der Waals surface area contributed by atoms with E-state index in [1.807, 2.05) is 19.1 Å². The standard InChI is InChI=1S/C19H28N4OS.HI/c1-5-20-18(23-14-19(3,4)16-8-7-11-25-16)22-13-15-9-10-21-17(12-15)24-6-2;/h7-12H,5-6,13-14H2,1-4H3,(H2,20,22,23);1H. The first-order valence-electron chi connectivity index (χ1n) is 8.69. The highest BCUT2D eigenvalue weighted by Crippen LogP contribution is 2.26. The van der Waals surface area contributed by atoms with Gasteiger partial charge in [0.1, 0.15) is 0 Å². The van der Waals surface area contributed by atoms with Crippen molar-refractivity contribution >= 4 is 41.3 Å². The predicted octanol–water partition coefficient (Wildman–Crippen LogP) is 4.19. The van der Waals surface area contributed by atoms with Crippen LogP contribution in [0, 0.1) is 0 Å². The highest BCUT2D eigenvalue weighted by atomic mass is 127. The van der Waals surface area contributed by atoms with Crippen molar-refractivity contribution in [1.82, 2.24) is 15.6 Å². The Hall–Kier alpha value is -1.35. The number of nitrogens with one attached hydrogen (secondary N) is 2. The van der Waals surface area contributed by atoms with Gasteiger partial charge in [-0.3, -0.25) is 0 Å². The molecule has 0 unspecified atom stereocenters. The van der Waals surface area contributed by atoms with Crippen LogP contribution in [-0.4, -0.2) is 30.6 Å². The van der Waals surface area contributed by atoms with E-state index in [0.29, 0.717) is 19.0 Å². The normalized spacial score (nSPS) is 11.6. The van der Waals surface area contributed by atoms with Crippen molar-refractivity contribution in [3.8, 4) is 5.88 Å². The number of rotatable bonds is 8. The van der Waals surface area contributed by atoms with Gasteiger partial charge in [0.05, 0.1) is 13.2 Å². The smallest absolute Gasteiger partial charge is 0.213 e. The quantitative estimate of drug-likeness (QED) is 0.333. The van der Waals surface area contributed by atoms with E-state index in [2.05, 4.69) is 58.9 Å². The molecular weight excluding hydrogens is 459 g/mol. The van der Waals surface area contributed by atoms with E-state index in [1.54, 1.807) is 17.5 Å². The fraction of sp³-hybridized carbons (Fsp3) is 0.474. The molecule has 0 radical (unpaired) electrons. The zero-order chi connectivity index (χ0) is 18.1. The number of halogens is 1. The van der Waals surface area contributed by atoms with Crippen molar-refractivity contribution in [3.05, 3.63) is 46.3 Å². The molecule has 0 saturated carbocycles. The minimum Gasteiger partial charge on any atom is -0.478 e. The summed E-state index contributed by atoms with van der Waals surface area (Å²) in [7, 11) is 0. The highest BCUT2D eigenvalue weighted by molar-refractivity contribution is 14.0. The summed E-state index contributed by atoms with van der Waals surface area (Å²) in [6.45, 7) is 11.3. The number of ether oxygens (including phenoxy) is 1.